The number of rotatable bonds is 4. The third-order valence-corrected chi connectivity index (χ3v) is 10.2. The van der Waals surface area contributed by atoms with Crippen molar-refractivity contribution in [1.82, 2.24) is 0 Å². The Morgan fingerprint density at radius 2 is 0.842 bits per heavy atom. The van der Waals surface area contributed by atoms with Crippen LogP contribution in [0.1, 0.15) is 0 Å². The van der Waals surface area contributed by atoms with Crippen molar-refractivity contribution in [2.24, 2.45) is 0 Å². The van der Waals surface area contributed by atoms with Gasteiger partial charge in [-0.2, -0.15) is 0 Å². The molecule has 0 spiro atoms. The molecule has 5 aromatic rings. The molecule has 0 bridgehead atoms. The highest BCUT2D eigenvalue weighted by Crippen LogP contribution is 2.57. The normalized spacial score (nSPS) is 20.4. The third kappa shape index (κ3) is 3.73. The molecule has 2 atom stereocenters. The first-order valence-corrected chi connectivity index (χ1v) is 15.1. The first kappa shape index (κ1) is 22.9. The molecule has 0 N–H and O–H groups in total. The minimum Gasteiger partial charge on any atom is -0.413 e. The van der Waals surface area contributed by atoms with E-state index in [0.29, 0.717) is 22.1 Å². The largest absolute Gasteiger partial charge is 0.463 e. The van der Waals surface area contributed by atoms with Crippen molar-refractivity contribution in [3.05, 3.63) is 121 Å². The van der Waals surface area contributed by atoms with Gasteiger partial charge >= 0.3 is 15.2 Å². The summed E-state index contributed by atoms with van der Waals surface area (Å²) in [4.78, 5) is 0. The second-order valence-corrected chi connectivity index (χ2v) is 12.5. The average molecular weight is 538 g/mol. The molecule has 38 heavy (non-hydrogen) atoms. The van der Waals surface area contributed by atoms with Crippen LogP contribution in [0.2, 0.25) is 0 Å². The van der Waals surface area contributed by atoms with Crippen molar-refractivity contribution in [2.75, 3.05) is 0 Å². The van der Waals surface area contributed by atoms with E-state index in [2.05, 4.69) is 0 Å². The van der Waals surface area contributed by atoms with Crippen molar-refractivity contribution in [2.45, 2.75) is 0 Å². The lowest BCUT2D eigenvalue weighted by atomic mass is 10.0. The van der Waals surface area contributed by atoms with Crippen LogP contribution in [0.15, 0.2) is 121 Å². The third-order valence-electron chi connectivity index (χ3n) is 6.45. The van der Waals surface area contributed by atoms with Crippen LogP contribution in [0.5, 0.6) is 23.0 Å². The van der Waals surface area contributed by atoms with Crippen LogP contribution in [0, 0.1) is 0 Å². The number of hydrogen-bond donors (Lipinski definition) is 0. The average Bonchev–Trinajstić information content (AvgIpc) is 2.93. The molecule has 2 unspecified atom stereocenters. The minimum absolute atomic E-state index is 0.248. The predicted molar refractivity (Wildman–Crippen MR) is 147 cm³/mol. The molecule has 2 aliphatic rings. The van der Waals surface area contributed by atoms with Gasteiger partial charge in [-0.1, -0.05) is 78.9 Å². The Bertz CT molecular complexity index is 1690. The Morgan fingerprint density at radius 3 is 1.32 bits per heavy atom. The molecular weight excluding hydrogens is 518 g/mol. The van der Waals surface area contributed by atoms with E-state index in [0.717, 1.165) is 22.3 Å². The van der Waals surface area contributed by atoms with Gasteiger partial charge in [-0.25, -0.2) is 9.13 Å². The molecule has 0 amide bonds. The van der Waals surface area contributed by atoms with Gasteiger partial charge in [-0.05, 0) is 36.4 Å². The zero-order valence-electron chi connectivity index (χ0n) is 19.9. The van der Waals surface area contributed by atoms with Crippen LogP contribution in [0.4, 0.5) is 0 Å². The highest BCUT2D eigenvalue weighted by molar-refractivity contribution is 7.63. The number of hydrogen-bond acceptors (Lipinski definition) is 6. The lowest BCUT2D eigenvalue weighted by molar-refractivity contribution is 0.392. The van der Waals surface area contributed by atoms with Gasteiger partial charge < -0.3 is 18.1 Å². The van der Waals surface area contributed by atoms with Gasteiger partial charge in [0.1, 0.15) is 23.0 Å². The molecule has 0 saturated heterocycles. The zero-order chi connectivity index (χ0) is 25.7. The Labute approximate surface area is 219 Å². The molecular formula is C30H20O6P2. The molecule has 2 aliphatic heterocycles. The maximum absolute atomic E-state index is 14.1. The molecule has 0 aliphatic carbocycles. The van der Waals surface area contributed by atoms with Crippen molar-refractivity contribution in [1.29, 1.82) is 0 Å². The number of fused-ring (bicyclic) bond motifs is 6. The zero-order valence-corrected chi connectivity index (χ0v) is 21.7. The molecule has 186 valence electrons. The van der Waals surface area contributed by atoms with Crippen LogP contribution in [0.25, 0.3) is 22.3 Å². The highest BCUT2D eigenvalue weighted by atomic mass is 31.2. The lowest BCUT2D eigenvalue weighted by Crippen LogP contribution is -2.21. The molecule has 8 heteroatoms. The standard InChI is InChI=1S/C30H20O6P2/c31-37(29-18-7-3-14-25(29)23-12-1-5-16-27(23)35-37)33-21-10-9-11-22(20-21)34-38(32)30-19-8-4-15-26(30)24-13-2-6-17-28(24)36-38/h1-20H. The van der Waals surface area contributed by atoms with E-state index in [9.17, 15) is 9.13 Å². The van der Waals surface area contributed by atoms with E-state index in [4.69, 9.17) is 18.1 Å². The highest BCUT2D eigenvalue weighted by Gasteiger charge is 2.40. The Morgan fingerprint density at radius 1 is 0.447 bits per heavy atom. The molecule has 7 rings (SSSR count). The Balaban J connectivity index is 1.23. The van der Waals surface area contributed by atoms with Crippen molar-refractivity contribution in [3.63, 3.8) is 0 Å². The maximum Gasteiger partial charge on any atom is 0.463 e. The van der Waals surface area contributed by atoms with Gasteiger partial charge in [0.05, 0.1) is 10.6 Å². The summed E-state index contributed by atoms with van der Waals surface area (Å²) in [6.07, 6.45) is 0. The molecule has 0 radical (unpaired) electrons. The van der Waals surface area contributed by atoms with E-state index >= 15 is 0 Å². The predicted octanol–water partition coefficient (Wildman–Crippen LogP) is 7.60. The van der Waals surface area contributed by atoms with E-state index in [1.165, 1.54) is 6.07 Å². The first-order valence-electron chi connectivity index (χ1n) is 12.0. The summed E-state index contributed by atoms with van der Waals surface area (Å²) in [6, 6.07) is 36.0. The summed E-state index contributed by atoms with van der Waals surface area (Å²) in [5, 5.41) is 0.943. The molecule has 2 heterocycles. The van der Waals surface area contributed by atoms with E-state index in [1.807, 2.05) is 60.7 Å². The minimum atomic E-state index is -3.79. The topological polar surface area (TPSA) is 71.1 Å². The van der Waals surface area contributed by atoms with E-state index in [-0.39, 0.29) is 11.5 Å². The fourth-order valence-electron chi connectivity index (χ4n) is 4.78. The summed E-state index contributed by atoms with van der Waals surface area (Å²) in [5.74, 6) is 1.46. The monoisotopic (exact) mass is 538 g/mol. The Hall–Kier alpha value is -4.24. The van der Waals surface area contributed by atoms with Gasteiger partial charge in [0.15, 0.2) is 0 Å². The van der Waals surface area contributed by atoms with Gasteiger partial charge in [0.25, 0.3) is 0 Å². The van der Waals surface area contributed by atoms with Crippen LogP contribution >= 0.6 is 15.2 Å². The van der Waals surface area contributed by atoms with Crippen LogP contribution in [0.3, 0.4) is 0 Å². The molecule has 0 saturated carbocycles. The van der Waals surface area contributed by atoms with Crippen LogP contribution in [-0.4, -0.2) is 0 Å². The summed E-state index contributed by atoms with van der Waals surface area (Å²) in [7, 11) is -7.58. The summed E-state index contributed by atoms with van der Waals surface area (Å²) in [6.45, 7) is 0. The maximum atomic E-state index is 14.1. The lowest BCUT2D eigenvalue weighted by Gasteiger charge is -2.29. The van der Waals surface area contributed by atoms with E-state index < -0.39 is 15.2 Å². The SMILES string of the molecule is O=P1(Oc2cccc(OP3(=O)Oc4ccccc4-c4ccccc43)c2)Oc2ccccc2-c2ccccc21. The van der Waals surface area contributed by atoms with Gasteiger partial charge in [-0.3, -0.25) is 0 Å². The van der Waals surface area contributed by atoms with Gasteiger partial charge in [0, 0.05) is 28.3 Å². The summed E-state index contributed by atoms with van der Waals surface area (Å²) < 4.78 is 52.2. The smallest absolute Gasteiger partial charge is 0.413 e. The van der Waals surface area contributed by atoms with Crippen molar-refractivity contribution >= 4 is 25.8 Å². The number of para-hydroxylation sites is 2. The Kier molecular flexibility index (Phi) is 5.23. The fourth-order valence-corrected chi connectivity index (χ4v) is 8.38. The van der Waals surface area contributed by atoms with Crippen LogP contribution < -0.4 is 28.7 Å². The summed E-state index contributed by atoms with van der Waals surface area (Å²) >= 11 is 0. The van der Waals surface area contributed by atoms with Gasteiger partial charge in [-0.15, -0.1) is 0 Å². The van der Waals surface area contributed by atoms with Crippen molar-refractivity contribution in [3.8, 4) is 45.3 Å². The van der Waals surface area contributed by atoms with Crippen molar-refractivity contribution < 1.29 is 27.2 Å². The summed E-state index contributed by atoms with van der Waals surface area (Å²) in [5.41, 5.74) is 3.28. The van der Waals surface area contributed by atoms with E-state index in [1.54, 1.807) is 54.6 Å². The molecule has 0 fully saturated rings. The second kappa shape index (κ2) is 8.66. The molecule has 0 aromatic heterocycles. The number of benzene rings is 5. The van der Waals surface area contributed by atoms with Crippen LogP contribution in [-0.2, 0) is 9.13 Å². The fraction of sp³-hybridized carbons (Fsp3) is 0. The first-order chi connectivity index (χ1) is 18.5. The quantitative estimate of drug-likeness (QED) is 0.220. The molecule has 5 aromatic carbocycles. The second-order valence-electron chi connectivity index (χ2n) is 8.86. The molecule has 6 nitrogen and oxygen atoms in total. The van der Waals surface area contributed by atoms with Gasteiger partial charge in [0.2, 0.25) is 0 Å².